The highest BCUT2D eigenvalue weighted by Crippen LogP contribution is 2.26. The molecule has 0 unspecified atom stereocenters. The molecule has 5 aromatic rings. The Balaban J connectivity index is 1.63. The monoisotopic (exact) mass is 398 g/mol. The second-order valence-corrected chi connectivity index (χ2v) is 7.27. The summed E-state index contributed by atoms with van der Waals surface area (Å²) in [5.74, 6) is 0.550. The topological polar surface area (TPSA) is 94.1 Å². The fourth-order valence-corrected chi connectivity index (χ4v) is 3.33. The zero-order valence-corrected chi connectivity index (χ0v) is 16.7. The lowest BCUT2D eigenvalue weighted by Gasteiger charge is -2.14. The average Bonchev–Trinajstić information content (AvgIpc) is 3.41. The first-order valence-corrected chi connectivity index (χ1v) is 9.35. The number of amides is 1. The Bertz CT molecular complexity index is 1420. The van der Waals surface area contributed by atoms with Crippen LogP contribution in [0, 0.1) is 6.92 Å². The third-order valence-corrected chi connectivity index (χ3v) is 4.86. The van der Waals surface area contributed by atoms with Crippen LogP contribution >= 0.6 is 0 Å². The van der Waals surface area contributed by atoms with Crippen LogP contribution in [0.5, 0.6) is 0 Å². The minimum Gasteiger partial charge on any atom is -0.345 e. The largest absolute Gasteiger partial charge is 0.345 e. The zero-order chi connectivity index (χ0) is 20.8. The van der Waals surface area contributed by atoms with Gasteiger partial charge in [0.1, 0.15) is 6.33 Å². The summed E-state index contributed by atoms with van der Waals surface area (Å²) in [4.78, 5) is 19.2. The van der Waals surface area contributed by atoms with Gasteiger partial charge in [0.2, 0.25) is 0 Å². The van der Waals surface area contributed by atoms with Crippen LogP contribution in [0.25, 0.3) is 33.6 Å². The van der Waals surface area contributed by atoms with Gasteiger partial charge in [0.25, 0.3) is 5.91 Å². The summed E-state index contributed by atoms with van der Waals surface area (Å²) in [6, 6.07) is 11.4. The molecule has 0 saturated carbocycles. The van der Waals surface area contributed by atoms with E-state index >= 15 is 0 Å². The number of benzene rings is 1. The summed E-state index contributed by atoms with van der Waals surface area (Å²) in [6.45, 7) is 2.01. The molecular weight excluding hydrogens is 380 g/mol. The molecule has 0 bridgehead atoms. The summed E-state index contributed by atoms with van der Waals surface area (Å²) in [6.07, 6.45) is 5.09. The highest BCUT2D eigenvalue weighted by molar-refractivity contribution is 6.07. The molecule has 5 rings (SSSR count). The first-order valence-electron chi connectivity index (χ1n) is 9.35. The number of rotatable bonds is 3. The number of nitrogens with zero attached hydrogens (tertiary/aromatic N) is 8. The molecule has 4 heterocycles. The minimum absolute atomic E-state index is 0.0698. The maximum Gasteiger partial charge on any atom is 0.254 e. The number of pyridine rings is 1. The molecule has 1 amide bonds. The normalized spacial score (nSPS) is 11.3. The third kappa shape index (κ3) is 2.96. The summed E-state index contributed by atoms with van der Waals surface area (Å²) in [5, 5.41) is 17.5. The van der Waals surface area contributed by atoms with Gasteiger partial charge in [-0.3, -0.25) is 4.79 Å². The molecule has 0 saturated heterocycles. The van der Waals surface area contributed by atoms with Crippen LogP contribution in [0.3, 0.4) is 0 Å². The molecule has 9 nitrogen and oxygen atoms in total. The molecule has 4 aromatic heterocycles. The zero-order valence-electron chi connectivity index (χ0n) is 16.7. The molecule has 0 atom stereocenters. The van der Waals surface area contributed by atoms with E-state index in [1.165, 1.54) is 6.33 Å². The van der Waals surface area contributed by atoms with E-state index < -0.39 is 0 Å². The minimum atomic E-state index is -0.0698. The Labute approximate surface area is 171 Å². The lowest BCUT2D eigenvalue weighted by atomic mass is 10.0. The first-order chi connectivity index (χ1) is 14.5. The average molecular weight is 398 g/mol. The Morgan fingerprint density at radius 1 is 1.10 bits per heavy atom. The van der Waals surface area contributed by atoms with Crippen molar-refractivity contribution in [2.24, 2.45) is 0 Å². The Hall–Kier alpha value is -4.14. The maximum atomic E-state index is 12.8. The molecule has 1 aromatic carbocycles. The van der Waals surface area contributed by atoms with Gasteiger partial charge in [-0.2, -0.15) is 9.61 Å². The molecule has 0 N–H and O–H groups in total. The van der Waals surface area contributed by atoms with Crippen molar-refractivity contribution >= 4 is 22.5 Å². The Kier molecular flexibility index (Phi) is 4.02. The van der Waals surface area contributed by atoms with Crippen molar-refractivity contribution in [3.05, 3.63) is 66.2 Å². The van der Waals surface area contributed by atoms with E-state index in [-0.39, 0.29) is 5.91 Å². The van der Waals surface area contributed by atoms with Gasteiger partial charge in [-0.25, -0.2) is 9.67 Å². The second-order valence-electron chi connectivity index (χ2n) is 7.27. The highest BCUT2D eigenvalue weighted by Gasteiger charge is 2.17. The van der Waals surface area contributed by atoms with E-state index in [9.17, 15) is 4.79 Å². The second kappa shape index (κ2) is 6.73. The van der Waals surface area contributed by atoms with Crippen LogP contribution in [-0.2, 0) is 0 Å². The molecular formula is C21H18N8O. The van der Waals surface area contributed by atoms with E-state index in [0.717, 1.165) is 22.0 Å². The van der Waals surface area contributed by atoms with Gasteiger partial charge >= 0.3 is 0 Å². The predicted octanol–water partition coefficient (Wildman–Crippen LogP) is 2.54. The number of fused-ring (bicyclic) bond motifs is 2. The van der Waals surface area contributed by atoms with Crippen LogP contribution in [0.2, 0.25) is 0 Å². The van der Waals surface area contributed by atoms with Gasteiger partial charge in [-0.05, 0) is 36.8 Å². The quantitative estimate of drug-likeness (QED) is 0.464. The first kappa shape index (κ1) is 17.9. The van der Waals surface area contributed by atoms with Crippen molar-refractivity contribution in [1.29, 1.82) is 0 Å². The highest BCUT2D eigenvalue weighted by atomic mass is 16.2. The summed E-state index contributed by atoms with van der Waals surface area (Å²) in [7, 11) is 3.49. The number of carbonyl (C=O) groups is 1. The van der Waals surface area contributed by atoms with Crippen molar-refractivity contribution in [3.8, 4) is 17.1 Å². The van der Waals surface area contributed by atoms with E-state index in [1.54, 1.807) is 34.4 Å². The van der Waals surface area contributed by atoms with Crippen LogP contribution in [0.15, 0.2) is 55.1 Å². The molecule has 0 aliphatic heterocycles. The fraction of sp³-hybridized carbons (Fsp3) is 0.143. The van der Waals surface area contributed by atoms with Crippen molar-refractivity contribution in [3.63, 3.8) is 0 Å². The van der Waals surface area contributed by atoms with Gasteiger partial charge in [-0.15, -0.1) is 15.3 Å². The molecule has 0 fully saturated rings. The molecule has 148 valence electrons. The van der Waals surface area contributed by atoms with Crippen molar-refractivity contribution < 1.29 is 4.79 Å². The van der Waals surface area contributed by atoms with Gasteiger partial charge in [-0.1, -0.05) is 12.1 Å². The van der Waals surface area contributed by atoms with E-state index in [4.69, 9.17) is 4.98 Å². The molecule has 0 spiro atoms. The molecule has 0 aliphatic carbocycles. The van der Waals surface area contributed by atoms with Crippen LogP contribution < -0.4 is 0 Å². The summed E-state index contributed by atoms with van der Waals surface area (Å²) >= 11 is 0. The summed E-state index contributed by atoms with van der Waals surface area (Å²) in [5.41, 5.74) is 4.58. The number of aryl methyl sites for hydroxylation is 1. The smallest absolute Gasteiger partial charge is 0.254 e. The van der Waals surface area contributed by atoms with Gasteiger partial charge in [0.05, 0.1) is 23.0 Å². The number of carbonyl (C=O) groups excluding carboxylic acids is 1. The predicted molar refractivity (Wildman–Crippen MR) is 111 cm³/mol. The summed E-state index contributed by atoms with van der Waals surface area (Å²) < 4.78 is 3.24. The van der Waals surface area contributed by atoms with Gasteiger partial charge < -0.3 is 4.90 Å². The van der Waals surface area contributed by atoms with Crippen LogP contribution in [0.1, 0.15) is 15.9 Å². The number of hydrogen-bond acceptors (Lipinski definition) is 6. The fourth-order valence-electron chi connectivity index (χ4n) is 3.33. The van der Waals surface area contributed by atoms with Gasteiger partial charge in [0.15, 0.2) is 11.5 Å². The van der Waals surface area contributed by atoms with Crippen LogP contribution in [-0.4, -0.2) is 59.5 Å². The Morgan fingerprint density at radius 2 is 1.97 bits per heavy atom. The maximum absolute atomic E-state index is 12.8. The van der Waals surface area contributed by atoms with Crippen molar-refractivity contribution in [2.75, 3.05) is 14.1 Å². The number of hydrogen-bond donors (Lipinski definition) is 0. The SMILES string of the molecule is Cc1ccc2c(C(=O)N(C)C)cc(-c3cnn(-c4ccc5nncn5n4)c3)nc2c1. The molecule has 0 radical (unpaired) electrons. The molecule has 0 aliphatic rings. The van der Waals surface area contributed by atoms with Crippen LogP contribution in [0.4, 0.5) is 0 Å². The molecule has 30 heavy (non-hydrogen) atoms. The van der Waals surface area contributed by atoms with Crippen molar-refractivity contribution in [2.45, 2.75) is 6.92 Å². The van der Waals surface area contributed by atoms with Gasteiger partial charge in [0, 0.05) is 31.2 Å². The lowest BCUT2D eigenvalue weighted by molar-refractivity contribution is 0.0829. The standard InChI is InChI=1S/C21H18N8O/c1-13-4-5-15-16(21(30)27(2)3)9-17(24-18(15)8-13)14-10-23-28(11-14)20-7-6-19-25-22-12-29(19)26-20/h4-12H,1-3H3. The van der Waals surface area contributed by atoms with Crippen molar-refractivity contribution in [1.82, 2.24) is 39.5 Å². The Morgan fingerprint density at radius 3 is 2.80 bits per heavy atom. The van der Waals surface area contributed by atoms with E-state index in [0.29, 0.717) is 22.7 Å². The lowest BCUT2D eigenvalue weighted by Crippen LogP contribution is -2.22. The number of aromatic nitrogens is 7. The van der Waals surface area contributed by atoms with E-state index in [2.05, 4.69) is 20.4 Å². The molecule has 9 heteroatoms. The van der Waals surface area contributed by atoms with E-state index in [1.807, 2.05) is 49.5 Å². The third-order valence-electron chi connectivity index (χ3n) is 4.86.